The van der Waals surface area contributed by atoms with E-state index < -0.39 is 0 Å². The van der Waals surface area contributed by atoms with Gasteiger partial charge in [0.15, 0.2) is 0 Å². The third kappa shape index (κ3) is 3.25. The summed E-state index contributed by atoms with van der Waals surface area (Å²) in [5.74, 6) is -0.208. The molecule has 1 saturated heterocycles. The molecule has 0 aliphatic carbocycles. The van der Waals surface area contributed by atoms with Crippen LogP contribution >= 0.6 is 0 Å². The molecule has 2 rings (SSSR count). The van der Waals surface area contributed by atoms with Gasteiger partial charge in [0.25, 0.3) is 0 Å². The minimum atomic E-state index is -0.208. The number of benzene rings is 1. The Morgan fingerprint density at radius 1 is 1.47 bits per heavy atom. The Bertz CT molecular complexity index is 319. The zero-order valence-electron chi connectivity index (χ0n) is 8.54. The molecule has 4 heteroatoms. The molecule has 0 atom stereocenters. The summed E-state index contributed by atoms with van der Waals surface area (Å²) in [6.45, 7) is 3.99. The molecule has 0 N–H and O–H groups in total. The van der Waals surface area contributed by atoms with Crippen LogP contribution in [0, 0.1) is 18.6 Å². The van der Waals surface area contributed by atoms with Crippen molar-refractivity contribution in [3.63, 3.8) is 0 Å². The predicted molar refractivity (Wildman–Crippen MR) is 54.1 cm³/mol. The van der Waals surface area contributed by atoms with Crippen LogP contribution in [-0.2, 0) is 19.5 Å². The molecule has 1 aromatic carbocycles. The van der Waals surface area contributed by atoms with Crippen LogP contribution in [-0.4, -0.2) is 25.0 Å². The van der Waals surface area contributed by atoms with E-state index in [1.165, 1.54) is 12.1 Å². The molecular formula is C11H13FN2Rh. The van der Waals surface area contributed by atoms with Gasteiger partial charge in [0.1, 0.15) is 0 Å². The zero-order chi connectivity index (χ0) is 9.97. The van der Waals surface area contributed by atoms with Gasteiger partial charge < -0.3 is 9.80 Å². The molecule has 0 saturated carbocycles. The summed E-state index contributed by atoms with van der Waals surface area (Å²) in [6, 6.07) is 7.57. The molecule has 2 nitrogen and oxygen atoms in total. The van der Waals surface area contributed by atoms with Crippen molar-refractivity contribution in [3.8, 4) is 0 Å². The normalized spacial score (nSPS) is 17.3. The number of anilines is 1. The molecule has 15 heavy (non-hydrogen) atoms. The van der Waals surface area contributed by atoms with Gasteiger partial charge in [-0.1, -0.05) is 0 Å². The molecule has 0 amide bonds. The van der Waals surface area contributed by atoms with Gasteiger partial charge in [0.2, 0.25) is 0 Å². The average molecular weight is 295 g/mol. The van der Waals surface area contributed by atoms with Crippen molar-refractivity contribution in [2.75, 3.05) is 25.0 Å². The third-order valence-electron chi connectivity index (χ3n) is 2.30. The molecule has 1 heterocycles. The minimum Gasteiger partial charge on any atom is -0.529 e. The second-order valence-corrected chi connectivity index (χ2v) is 3.54. The van der Waals surface area contributed by atoms with E-state index in [1.807, 2.05) is 18.6 Å². The SMILES string of the molecule is CN1[CH-]N(c2[c-]ccc(F)c2)CCC1.[Rh+2]. The minimum absolute atomic E-state index is 0. The molecule has 83 valence electrons. The quantitative estimate of drug-likeness (QED) is 0.576. The fourth-order valence-corrected chi connectivity index (χ4v) is 1.62. The Labute approximate surface area is 103 Å². The van der Waals surface area contributed by atoms with Crippen LogP contribution in [0.1, 0.15) is 6.42 Å². The molecular weight excluding hydrogens is 282 g/mol. The van der Waals surface area contributed by atoms with Crippen LogP contribution in [0.3, 0.4) is 0 Å². The van der Waals surface area contributed by atoms with Gasteiger partial charge in [-0.25, -0.2) is 4.39 Å². The fraction of sp³-hybridized carbons (Fsp3) is 0.364. The summed E-state index contributed by atoms with van der Waals surface area (Å²) >= 11 is 0. The van der Waals surface area contributed by atoms with Gasteiger partial charge in [0, 0.05) is 5.82 Å². The number of hydrogen-bond acceptors (Lipinski definition) is 2. The Morgan fingerprint density at radius 2 is 2.27 bits per heavy atom. The van der Waals surface area contributed by atoms with Gasteiger partial charge in [-0.2, -0.15) is 18.8 Å². The van der Waals surface area contributed by atoms with Crippen molar-refractivity contribution < 1.29 is 23.9 Å². The Hall–Kier alpha value is -0.467. The molecule has 1 fully saturated rings. The first-order valence-electron chi connectivity index (χ1n) is 4.75. The van der Waals surface area contributed by atoms with E-state index in [-0.39, 0.29) is 25.3 Å². The Balaban J connectivity index is 0.00000112. The second kappa shape index (κ2) is 5.57. The van der Waals surface area contributed by atoms with Crippen molar-refractivity contribution in [1.29, 1.82) is 0 Å². The van der Waals surface area contributed by atoms with E-state index in [9.17, 15) is 4.39 Å². The van der Waals surface area contributed by atoms with E-state index in [0.717, 1.165) is 25.2 Å². The summed E-state index contributed by atoms with van der Waals surface area (Å²) in [5, 5.41) is 0. The van der Waals surface area contributed by atoms with Gasteiger partial charge in [-0.15, -0.1) is 17.8 Å². The maximum atomic E-state index is 12.9. The molecule has 1 aromatic rings. The first-order chi connectivity index (χ1) is 6.75. The number of hydrogen-bond donors (Lipinski definition) is 0. The monoisotopic (exact) mass is 295 g/mol. The van der Waals surface area contributed by atoms with Crippen molar-refractivity contribution in [1.82, 2.24) is 4.90 Å². The topological polar surface area (TPSA) is 6.48 Å². The Morgan fingerprint density at radius 3 is 2.93 bits per heavy atom. The summed E-state index contributed by atoms with van der Waals surface area (Å²) in [4.78, 5) is 4.12. The van der Waals surface area contributed by atoms with Gasteiger partial charge >= 0.3 is 19.5 Å². The summed E-state index contributed by atoms with van der Waals surface area (Å²) in [5.41, 5.74) is 0.802. The van der Waals surface area contributed by atoms with E-state index in [2.05, 4.69) is 11.0 Å². The van der Waals surface area contributed by atoms with Gasteiger partial charge in [-0.3, -0.25) is 0 Å². The van der Waals surface area contributed by atoms with E-state index in [4.69, 9.17) is 0 Å². The van der Waals surface area contributed by atoms with Crippen LogP contribution in [0.4, 0.5) is 10.1 Å². The van der Waals surface area contributed by atoms with Gasteiger partial charge in [0.05, 0.1) is 0 Å². The molecule has 1 aliphatic heterocycles. The molecule has 0 bridgehead atoms. The predicted octanol–water partition coefficient (Wildman–Crippen LogP) is 1.88. The summed E-state index contributed by atoms with van der Waals surface area (Å²) < 4.78 is 12.9. The molecule has 0 unspecified atom stereocenters. The van der Waals surface area contributed by atoms with Crippen molar-refractivity contribution in [3.05, 3.63) is 36.8 Å². The van der Waals surface area contributed by atoms with Crippen LogP contribution in [0.25, 0.3) is 0 Å². The largest absolute Gasteiger partial charge is 2.00 e. The van der Waals surface area contributed by atoms with Gasteiger partial charge in [-0.05, 0) is 26.6 Å². The Kier molecular flexibility index (Phi) is 4.68. The van der Waals surface area contributed by atoms with Crippen LogP contribution in [0.2, 0.25) is 0 Å². The van der Waals surface area contributed by atoms with Crippen LogP contribution in [0.5, 0.6) is 0 Å². The maximum absolute atomic E-state index is 12.9. The van der Waals surface area contributed by atoms with Crippen molar-refractivity contribution in [2.24, 2.45) is 0 Å². The van der Waals surface area contributed by atoms with Crippen molar-refractivity contribution in [2.45, 2.75) is 6.42 Å². The number of rotatable bonds is 1. The second-order valence-electron chi connectivity index (χ2n) is 3.54. The molecule has 0 aromatic heterocycles. The molecule has 0 spiro atoms. The van der Waals surface area contributed by atoms with Crippen LogP contribution in [0.15, 0.2) is 18.2 Å². The summed E-state index contributed by atoms with van der Waals surface area (Å²) in [6.07, 6.45) is 1.09. The van der Waals surface area contributed by atoms with E-state index >= 15 is 0 Å². The zero-order valence-corrected chi connectivity index (χ0v) is 10.2. The standard InChI is InChI=1S/C11H13FN2.Rh/c1-13-6-3-7-14(9-13)11-5-2-4-10(12)8-11;/h2,4,8-9H,3,6-7H2,1H3;/q-2;+2. The van der Waals surface area contributed by atoms with E-state index in [1.54, 1.807) is 6.07 Å². The van der Waals surface area contributed by atoms with Crippen molar-refractivity contribution >= 4 is 5.69 Å². The number of halogens is 1. The number of nitrogens with zero attached hydrogens (tertiary/aromatic N) is 2. The maximum Gasteiger partial charge on any atom is 2.00 e. The smallest absolute Gasteiger partial charge is 0.529 e. The summed E-state index contributed by atoms with van der Waals surface area (Å²) in [7, 11) is 2.02. The molecule has 1 aliphatic rings. The third-order valence-corrected chi connectivity index (χ3v) is 2.30. The fourth-order valence-electron chi connectivity index (χ4n) is 1.62. The first kappa shape index (κ1) is 12.6. The average Bonchev–Trinajstić information content (AvgIpc) is 2.18. The first-order valence-corrected chi connectivity index (χ1v) is 4.75. The molecule has 1 radical (unpaired) electrons. The van der Waals surface area contributed by atoms with Crippen LogP contribution < -0.4 is 4.90 Å². The van der Waals surface area contributed by atoms with E-state index in [0.29, 0.717) is 0 Å².